The lowest BCUT2D eigenvalue weighted by Gasteiger charge is -2.43. The Morgan fingerprint density at radius 1 is 0.696 bits per heavy atom. The van der Waals surface area contributed by atoms with E-state index >= 15 is 0 Å². The van der Waals surface area contributed by atoms with Crippen LogP contribution < -0.4 is 14.8 Å². The highest BCUT2D eigenvalue weighted by Crippen LogP contribution is 2.40. The maximum absolute atomic E-state index is 6.53. The second-order valence-corrected chi connectivity index (χ2v) is 17.7. The maximum Gasteiger partial charge on any atom is 0.256 e. The van der Waals surface area contributed by atoms with Gasteiger partial charge >= 0.3 is 0 Å². The molecule has 1 aromatic carbocycles. The highest BCUT2D eigenvalue weighted by Gasteiger charge is 2.42. The fraction of sp³-hybridized carbons (Fsp3) is 0.688. The van der Waals surface area contributed by atoms with E-state index < -0.39 is 0 Å². The normalized spacial score (nSPS) is 19.8. The second kappa shape index (κ2) is 30.0. The second-order valence-electron chi connectivity index (χ2n) is 17.3. The summed E-state index contributed by atoms with van der Waals surface area (Å²) >= 11 is 6.53. The summed E-state index contributed by atoms with van der Waals surface area (Å²) in [4.78, 5) is 16.1. The molecule has 3 aromatic heterocycles. The number of rotatable bonds is 35. The number of nitrogens with zero attached hydrogens (tertiary/aromatic N) is 8. The van der Waals surface area contributed by atoms with Crippen LogP contribution >= 0.6 is 11.6 Å². The topological polar surface area (TPSA) is 191 Å². The minimum absolute atomic E-state index is 0.186. The van der Waals surface area contributed by atoms with Gasteiger partial charge in [0.05, 0.1) is 136 Å². The molecule has 2 aliphatic heterocycles. The SMILES string of the molecule is COCCOCCOCCOCCOCCOCCOCCOCCCOc1nn([C@H]2CC[C@H](N3[C@@H]4CC[C@H]3COC4)CC2)cc1Nc1ncc(-c2ccc(Cl)c(O[C@@H](C)Cn3cncn3)c2)cn1. The molecule has 1 N–H and O–H groups in total. The van der Waals surface area contributed by atoms with Crippen molar-refractivity contribution >= 4 is 23.2 Å². The predicted octanol–water partition coefficient (Wildman–Crippen LogP) is 5.67. The molecule has 0 radical (unpaired) electrons. The number of morpholine rings is 1. The van der Waals surface area contributed by atoms with Crippen molar-refractivity contribution in [3.05, 3.63) is 54.5 Å². The molecule has 3 fully saturated rings. The van der Waals surface area contributed by atoms with Crippen molar-refractivity contribution in [3.8, 4) is 22.8 Å². The van der Waals surface area contributed by atoms with Gasteiger partial charge in [-0.1, -0.05) is 17.7 Å². The molecule has 69 heavy (non-hydrogen) atoms. The van der Waals surface area contributed by atoms with Gasteiger partial charge in [0.1, 0.15) is 30.2 Å². The van der Waals surface area contributed by atoms with Crippen LogP contribution in [-0.2, 0) is 49.2 Å². The standard InChI is InChI=1S/C48H72ClN9O11/c1-37(31-56-36-50-35-53-56)69-46-28-38(4-11-44(46)49)39-29-51-48(52-30-39)54-45-32-57(40-5-7-41(8-6-40)58-42-9-10-43(58)34-67-33-42)55-47(45)68-13-3-12-60-16-17-62-20-21-64-24-25-66-27-26-65-23-22-63-19-18-61-15-14-59-2/h4,11,28-30,32,35-37,40-43H,3,5-10,12-27,31,33-34H2,1-2H3,(H,51,52,54)/t37-,40-,41-,42-,43+/m0/s1. The lowest BCUT2D eigenvalue weighted by molar-refractivity contribution is -0.0458. The monoisotopic (exact) mass is 986 g/mol. The van der Waals surface area contributed by atoms with Crippen LogP contribution in [-0.4, -0.2) is 190 Å². The molecular weight excluding hydrogens is 914 g/mol. The Bertz CT molecular complexity index is 1980. The Morgan fingerprint density at radius 3 is 1.84 bits per heavy atom. The van der Waals surface area contributed by atoms with E-state index in [0.29, 0.717) is 165 Å². The van der Waals surface area contributed by atoms with Gasteiger partial charge in [0.2, 0.25) is 5.95 Å². The van der Waals surface area contributed by atoms with Crippen molar-refractivity contribution in [1.82, 2.24) is 39.4 Å². The van der Waals surface area contributed by atoms with E-state index in [0.717, 1.165) is 50.0 Å². The van der Waals surface area contributed by atoms with Crippen LogP contribution in [0.4, 0.5) is 11.6 Å². The highest BCUT2D eigenvalue weighted by molar-refractivity contribution is 6.32. The number of halogens is 1. The van der Waals surface area contributed by atoms with E-state index in [4.69, 9.17) is 68.8 Å². The van der Waals surface area contributed by atoms with Crippen molar-refractivity contribution in [3.63, 3.8) is 0 Å². The molecule has 2 saturated heterocycles. The van der Waals surface area contributed by atoms with Gasteiger partial charge in [-0.05, 0) is 63.1 Å². The number of hydrogen-bond acceptors (Lipinski definition) is 18. The number of hydrogen-bond donors (Lipinski definition) is 1. The van der Waals surface area contributed by atoms with Crippen LogP contribution in [0.15, 0.2) is 49.4 Å². The van der Waals surface area contributed by atoms with Gasteiger partial charge < -0.3 is 57.4 Å². The molecule has 1 saturated carbocycles. The number of aromatic nitrogens is 7. The van der Waals surface area contributed by atoms with Crippen molar-refractivity contribution in [2.75, 3.05) is 131 Å². The zero-order chi connectivity index (χ0) is 47.7. The van der Waals surface area contributed by atoms with Crippen LogP contribution in [0.3, 0.4) is 0 Å². The molecule has 0 amide bonds. The summed E-state index contributed by atoms with van der Waals surface area (Å²) in [5, 5.41) is 13.1. The molecule has 382 valence electrons. The molecule has 20 nitrogen and oxygen atoms in total. The van der Waals surface area contributed by atoms with Gasteiger partial charge in [0.15, 0.2) is 0 Å². The number of nitrogens with one attached hydrogen (secondary N) is 1. The fourth-order valence-electron chi connectivity index (χ4n) is 8.81. The van der Waals surface area contributed by atoms with Crippen LogP contribution in [0.5, 0.6) is 11.6 Å². The Kier molecular flexibility index (Phi) is 22.9. The lowest BCUT2D eigenvalue weighted by Crippen LogP contribution is -2.52. The summed E-state index contributed by atoms with van der Waals surface area (Å²) in [6.07, 6.45) is 16.1. The third-order valence-electron chi connectivity index (χ3n) is 12.2. The average molecular weight is 987 g/mol. The van der Waals surface area contributed by atoms with E-state index in [1.807, 2.05) is 31.3 Å². The van der Waals surface area contributed by atoms with E-state index in [9.17, 15) is 0 Å². The van der Waals surface area contributed by atoms with Crippen molar-refractivity contribution in [2.45, 2.75) is 88.7 Å². The van der Waals surface area contributed by atoms with Crippen molar-refractivity contribution < 1.29 is 52.1 Å². The van der Waals surface area contributed by atoms with Gasteiger partial charge in [-0.25, -0.2) is 19.6 Å². The largest absolute Gasteiger partial charge is 0.487 e. The molecule has 0 spiro atoms. The van der Waals surface area contributed by atoms with Crippen LogP contribution in [0.2, 0.25) is 5.02 Å². The lowest BCUT2D eigenvalue weighted by atomic mass is 9.89. The van der Waals surface area contributed by atoms with Crippen molar-refractivity contribution in [1.29, 1.82) is 0 Å². The Hall–Kier alpha value is -4.06. The maximum atomic E-state index is 6.53. The summed E-state index contributed by atoms with van der Waals surface area (Å²) in [6, 6.07) is 7.65. The summed E-state index contributed by atoms with van der Waals surface area (Å²) in [7, 11) is 1.65. The quantitative estimate of drug-likeness (QED) is 0.0554. The van der Waals surface area contributed by atoms with Gasteiger partial charge in [0, 0.05) is 56.2 Å². The third-order valence-corrected chi connectivity index (χ3v) is 12.5. The van der Waals surface area contributed by atoms with Crippen molar-refractivity contribution in [2.24, 2.45) is 0 Å². The average Bonchev–Trinajstić information content (AvgIpc) is 4.09. The molecule has 5 heterocycles. The molecule has 7 rings (SSSR count). The van der Waals surface area contributed by atoms with Crippen LogP contribution in [0, 0.1) is 0 Å². The zero-order valence-corrected chi connectivity index (χ0v) is 41.1. The smallest absolute Gasteiger partial charge is 0.256 e. The Balaban J connectivity index is 0.800. The highest BCUT2D eigenvalue weighted by atomic mass is 35.5. The third kappa shape index (κ3) is 17.6. The first-order valence-electron chi connectivity index (χ1n) is 24.5. The first-order valence-corrected chi connectivity index (χ1v) is 24.9. The molecule has 2 bridgehead atoms. The number of methoxy groups -OCH3 is 1. The van der Waals surface area contributed by atoms with E-state index in [-0.39, 0.29) is 12.1 Å². The Labute approximate surface area is 410 Å². The first kappa shape index (κ1) is 52.8. The number of benzene rings is 1. The molecule has 0 unspecified atom stereocenters. The first-order chi connectivity index (χ1) is 34.0. The van der Waals surface area contributed by atoms with Crippen LogP contribution in [0.25, 0.3) is 11.1 Å². The van der Waals surface area contributed by atoms with E-state index in [1.54, 1.807) is 30.5 Å². The molecular formula is C48H72ClN9O11. The molecule has 1 aliphatic carbocycles. The van der Waals surface area contributed by atoms with Crippen LogP contribution in [0.1, 0.15) is 57.9 Å². The minimum Gasteiger partial charge on any atom is -0.487 e. The molecule has 21 heteroatoms. The number of anilines is 2. The summed E-state index contributed by atoms with van der Waals surface area (Å²) in [5.74, 6) is 1.51. The molecule has 3 aliphatic rings. The number of ether oxygens (including phenoxy) is 11. The van der Waals surface area contributed by atoms with E-state index in [1.165, 1.54) is 19.2 Å². The predicted molar refractivity (Wildman–Crippen MR) is 257 cm³/mol. The Morgan fingerprint density at radius 2 is 1.26 bits per heavy atom. The van der Waals surface area contributed by atoms with Gasteiger partial charge in [-0.15, -0.1) is 5.10 Å². The minimum atomic E-state index is -0.186. The van der Waals surface area contributed by atoms with E-state index in [2.05, 4.69) is 34.9 Å². The van der Waals surface area contributed by atoms with Gasteiger partial charge in [0.25, 0.3) is 5.88 Å². The zero-order valence-electron chi connectivity index (χ0n) is 40.3. The summed E-state index contributed by atoms with van der Waals surface area (Å²) < 4.78 is 66.0. The fourth-order valence-corrected chi connectivity index (χ4v) is 8.97. The molecule has 3 atom stereocenters. The van der Waals surface area contributed by atoms with Gasteiger partial charge in [-0.2, -0.15) is 5.10 Å². The summed E-state index contributed by atoms with van der Waals surface area (Å²) in [5.41, 5.74) is 2.40. The van der Waals surface area contributed by atoms with Gasteiger partial charge in [-0.3, -0.25) is 9.58 Å². The molecule has 4 aromatic rings. The number of fused-ring (bicyclic) bond motifs is 2. The summed E-state index contributed by atoms with van der Waals surface area (Å²) in [6.45, 7) is 12.4.